The van der Waals surface area contributed by atoms with Gasteiger partial charge in [0.1, 0.15) is 0 Å². The van der Waals surface area contributed by atoms with Gasteiger partial charge >= 0.3 is 6.03 Å². The lowest BCUT2D eigenvalue weighted by molar-refractivity contribution is 0.262. The van der Waals surface area contributed by atoms with Crippen LogP contribution in [0.2, 0.25) is 0 Å². The standard InChI is InChI=1S/C22H19N3OS/c1-14-6-9-16(10-7-14)17-4-3-5-18(13-17)23-21(26)25-22-24-19-11-8-15(2)12-20(19)27-22/h3-13H,1-2H3,(H2,23,24,25,26). The molecule has 1 heterocycles. The summed E-state index contributed by atoms with van der Waals surface area (Å²) in [4.78, 5) is 16.8. The molecule has 0 aliphatic carbocycles. The topological polar surface area (TPSA) is 54.0 Å². The van der Waals surface area contributed by atoms with Crippen LogP contribution in [-0.2, 0) is 0 Å². The molecule has 4 nitrogen and oxygen atoms in total. The minimum Gasteiger partial charge on any atom is -0.308 e. The van der Waals surface area contributed by atoms with E-state index >= 15 is 0 Å². The van der Waals surface area contributed by atoms with Crippen molar-refractivity contribution in [2.45, 2.75) is 13.8 Å². The van der Waals surface area contributed by atoms with E-state index in [4.69, 9.17) is 0 Å². The van der Waals surface area contributed by atoms with E-state index in [9.17, 15) is 4.79 Å². The first-order valence-electron chi connectivity index (χ1n) is 8.69. The highest BCUT2D eigenvalue weighted by Crippen LogP contribution is 2.27. The Morgan fingerprint density at radius 2 is 1.63 bits per heavy atom. The zero-order valence-electron chi connectivity index (χ0n) is 15.1. The normalized spacial score (nSPS) is 10.7. The van der Waals surface area contributed by atoms with Crippen LogP contribution in [0.5, 0.6) is 0 Å². The third kappa shape index (κ3) is 3.99. The number of amides is 2. The quantitative estimate of drug-likeness (QED) is 0.447. The van der Waals surface area contributed by atoms with E-state index in [0.29, 0.717) is 5.13 Å². The van der Waals surface area contributed by atoms with Crippen molar-refractivity contribution in [3.63, 3.8) is 0 Å². The highest BCUT2D eigenvalue weighted by Gasteiger charge is 2.09. The number of rotatable bonds is 3. The van der Waals surface area contributed by atoms with Gasteiger partial charge in [-0.25, -0.2) is 9.78 Å². The van der Waals surface area contributed by atoms with Crippen molar-refractivity contribution in [2.24, 2.45) is 0 Å². The molecule has 0 fully saturated rings. The lowest BCUT2D eigenvalue weighted by Gasteiger charge is -2.08. The number of hydrogen-bond donors (Lipinski definition) is 2. The molecule has 2 amide bonds. The van der Waals surface area contributed by atoms with E-state index in [1.807, 2.05) is 43.3 Å². The van der Waals surface area contributed by atoms with E-state index < -0.39 is 0 Å². The fraction of sp³-hybridized carbons (Fsp3) is 0.0909. The number of anilines is 2. The third-order valence-electron chi connectivity index (χ3n) is 4.27. The smallest absolute Gasteiger partial charge is 0.308 e. The number of nitrogens with zero attached hydrogens (tertiary/aromatic N) is 1. The van der Waals surface area contributed by atoms with Gasteiger partial charge in [0, 0.05) is 5.69 Å². The van der Waals surface area contributed by atoms with Gasteiger partial charge in [0.15, 0.2) is 5.13 Å². The fourth-order valence-corrected chi connectivity index (χ4v) is 3.83. The molecule has 0 bridgehead atoms. The Morgan fingerprint density at radius 1 is 0.852 bits per heavy atom. The maximum Gasteiger partial charge on any atom is 0.325 e. The Kier molecular flexibility index (Phi) is 4.60. The first-order chi connectivity index (χ1) is 13.1. The summed E-state index contributed by atoms with van der Waals surface area (Å²) < 4.78 is 1.06. The summed E-state index contributed by atoms with van der Waals surface area (Å²) in [5.74, 6) is 0. The Balaban J connectivity index is 1.49. The molecule has 0 aliphatic heterocycles. The second kappa shape index (κ2) is 7.21. The van der Waals surface area contributed by atoms with Crippen molar-refractivity contribution in [1.82, 2.24) is 4.98 Å². The summed E-state index contributed by atoms with van der Waals surface area (Å²) in [6.45, 7) is 4.11. The number of nitrogens with one attached hydrogen (secondary N) is 2. The Bertz CT molecular complexity index is 1120. The molecule has 0 spiro atoms. The van der Waals surface area contributed by atoms with Gasteiger partial charge in [0.05, 0.1) is 10.2 Å². The van der Waals surface area contributed by atoms with Gasteiger partial charge in [-0.1, -0.05) is 59.4 Å². The molecule has 134 valence electrons. The van der Waals surface area contributed by atoms with Gasteiger partial charge in [-0.2, -0.15) is 0 Å². The molecule has 1 aromatic heterocycles. The molecule has 2 N–H and O–H groups in total. The molecule has 0 aliphatic rings. The minimum absolute atomic E-state index is 0.299. The van der Waals surface area contributed by atoms with Crippen molar-refractivity contribution in [3.8, 4) is 11.1 Å². The van der Waals surface area contributed by atoms with Crippen molar-refractivity contribution < 1.29 is 4.79 Å². The summed E-state index contributed by atoms with van der Waals surface area (Å²) in [5, 5.41) is 6.29. The molecule has 4 aromatic rings. The molecular formula is C22H19N3OS. The van der Waals surface area contributed by atoms with Gasteiger partial charge < -0.3 is 5.32 Å². The van der Waals surface area contributed by atoms with E-state index in [1.165, 1.54) is 22.5 Å². The molecular weight excluding hydrogens is 354 g/mol. The Labute approximate surface area is 161 Å². The van der Waals surface area contributed by atoms with Crippen molar-refractivity contribution in [1.29, 1.82) is 0 Å². The second-order valence-corrected chi connectivity index (χ2v) is 7.55. The fourth-order valence-electron chi connectivity index (χ4n) is 2.87. The van der Waals surface area contributed by atoms with Gasteiger partial charge in [0.25, 0.3) is 0 Å². The molecule has 4 rings (SSSR count). The van der Waals surface area contributed by atoms with Crippen LogP contribution in [0.4, 0.5) is 15.6 Å². The third-order valence-corrected chi connectivity index (χ3v) is 5.20. The predicted molar refractivity (Wildman–Crippen MR) is 114 cm³/mol. The minimum atomic E-state index is -0.299. The maximum atomic E-state index is 12.4. The predicted octanol–water partition coefficient (Wildman–Crippen LogP) is 6.22. The summed E-state index contributed by atoms with van der Waals surface area (Å²) in [7, 11) is 0. The zero-order chi connectivity index (χ0) is 18.8. The number of carbonyl (C=O) groups is 1. The van der Waals surface area contributed by atoms with E-state index in [0.717, 1.165) is 27.0 Å². The number of carbonyl (C=O) groups excluding carboxylic acids is 1. The lowest BCUT2D eigenvalue weighted by atomic mass is 10.0. The largest absolute Gasteiger partial charge is 0.325 e. The summed E-state index contributed by atoms with van der Waals surface area (Å²) >= 11 is 1.47. The van der Waals surface area contributed by atoms with Crippen LogP contribution in [0, 0.1) is 13.8 Å². The average Bonchev–Trinajstić information content (AvgIpc) is 3.03. The molecule has 5 heteroatoms. The summed E-state index contributed by atoms with van der Waals surface area (Å²) in [6, 6.07) is 21.9. The van der Waals surface area contributed by atoms with Gasteiger partial charge in [-0.05, 0) is 54.8 Å². The molecule has 0 radical (unpaired) electrons. The van der Waals surface area contributed by atoms with Gasteiger partial charge in [-0.3, -0.25) is 5.32 Å². The number of fused-ring (bicyclic) bond motifs is 1. The van der Waals surface area contributed by atoms with Gasteiger partial charge in [0.2, 0.25) is 0 Å². The van der Waals surface area contributed by atoms with Crippen LogP contribution in [0.15, 0.2) is 66.7 Å². The zero-order valence-corrected chi connectivity index (χ0v) is 15.9. The number of hydrogen-bond acceptors (Lipinski definition) is 3. The maximum absolute atomic E-state index is 12.4. The van der Waals surface area contributed by atoms with Crippen LogP contribution in [-0.4, -0.2) is 11.0 Å². The lowest BCUT2D eigenvalue weighted by Crippen LogP contribution is -2.19. The molecule has 0 saturated heterocycles. The van der Waals surface area contributed by atoms with Crippen LogP contribution >= 0.6 is 11.3 Å². The van der Waals surface area contributed by atoms with Crippen LogP contribution < -0.4 is 10.6 Å². The molecule has 0 unspecified atom stereocenters. The summed E-state index contributed by atoms with van der Waals surface area (Å²) in [6.07, 6.45) is 0. The molecule has 3 aromatic carbocycles. The van der Waals surface area contributed by atoms with E-state index in [2.05, 4.69) is 52.9 Å². The van der Waals surface area contributed by atoms with Crippen molar-refractivity contribution in [3.05, 3.63) is 77.9 Å². The highest BCUT2D eigenvalue weighted by atomic mass is 32.1. The first kappa shape index (κ1) is 17.2. The van der Waals surface area contributed by atoms with E-state index in [-0.39, 0.29) is 6.03 Å². The Morgan fingerprint density at radius 3 is 2.44 bits per heavy atom. The van der Waals surface area contributed by atoms with Crippen LogP contribution in [0.3, 0.4) is 0 Å². The number of aryl methyl sites for hydroxylation is 2. The SMILES string of the molecule is Cc1ccc(-c2cccc(NC(=O)Nc3nc4ccc(C)cc4s3)c2)cc1. The number of thiazole rings is 1. The highest BCUT2D eigenvalue weighted by molar-refractivity contribution is 7.22. The van der Waals surface area contributed by atoms with E-state index in [1.54, 1.807) is 0 Å². The van der Waals surface area contributed by atoms with Crippen molar-refractivity contribution >= 4 is 38.4 Å². The molecule has 0 saturated carbocycles. The average molecular weight is 373 g/mol. The van der Waals surface area contributed by atoms with Crippen LogP contribution in [0.1, 0.15) is 11.1 Å². The second-order valence-electron chi connectivity index (χ2n) is 6.52. The molecule has 0 atom stereocenters. The monoisotopic (exact) mass is 373 g/mol. The first-order valence-corrected chi connectivity index (χ1v) is 9.51. The number of urea groups is 1. The number of benzene rings is 3. The van der Waals surface area contributed by atoms with Crippen LogP contribution in [0.25, 0.3) is 21.3 Å². The summed E-state index contributed by atoms with van der Waals surface area (Å²) in [5.41, 5.74) is 6.20. The number of aromatic nitrogens is 1. The molecule has 27 heavy (non-hydrogen) atoms. The van der Waals surface area contributed by atoms with Gasteiger partial charge in [-0.15, -0.1) is 0 Å². The van der Waals surface area contributed by atoms with Crippen molar-refractivity contribution in [2.75, 3.05) is 10.6 Å². The Hall–Kier alpha value is -3.18.